The van der Waals surface area contributed by atoms with E-state index < -0.39 is 17.4 Å². The summed E-state index contributed by atoms with van der Waals surface area (Å²) >= 11 is 0. The van der Waals surface area contributed by atoms with E-state index in [1.165, 1.54) is 29.9 Å². The lowest BCUT2D eigenvalue weighted by Gasteiger charge is -2.12. The van der Waals surface area contributed by atoms with Crippen molar-refractivity contribution >= 4 is 11.9 Å². The Hall–Kier alpha value is -2.11. The predicted octanol–water partition coefficient (Wildman–Crippen LogP) is -0.268. The molecule has 0 bridgehead atoms. The summed E-state index contributed by atoms with van der Waals surface area (Å²) in [4.78, 5) is 33.8. The lowest BCUT2D eigenvalue weighted by atomic mass is 10.2. The van der Waals surface area contributed by atoms with Gasteiger partial charge in [0.05, 0.1) is 5.56 Å². The van der Waals surface area contributed by atoms with Crippen molar-refractivity contribution in [3.8, 4) is 0 Å². The second kappa shape index (κ2) is 3.73. The van der Waals surface area contributed by atoms with Crippen molar-refractivity contribution in [2.45, 2.75) is 18.4 Å². The highest BCUT2D eigenvalue weighted by molar-refractivity contribution is 5.98. The summed E-state index contributed by atoms with van der Waals surface area (Å²) in [5, 5.41) is 11.4. The summed E-state index contributed by atoms with van der Waals surface area (Å²) in [6, 6.07) is 2.66. The van der Waals surface area contributed by atoms with E-state index in [-0.39, 0.29) is 11.1 Å². The Morgan fingerprint density at radius 1 is 1.41 bits per heavy atom. The number of carbonyl (C=O) groups is 2. The number of rotatable bonds is 3. The number of carbonyl (C=O) groups excluding carboxylic acids is 1. The zero-order valence-corrected chi connectivity index (χ0v) is 9.27. The van der Waals surface area contributed by atoms with E-state index in [0.29, 0.717) is 12.8 Å². The van der Waals surface area contributed by atoms with Gasteiger partial charge in [-0.1, -0.05) is 0 Å². The average Bonchev–Trinajstić information content (AvgIpc) is 3.03. The van der Waals surface area contributed by atoms with Crippen molar-refractivity contribution in [2.24, 2.45) is 7.05 Å². The van der Waals surface area contributed by atoms with E-state index >= 15 is 0 Å². The Kier molecular flexibility index (Phi) is 2.49. The second-order valence-corrected chi connectivity index (χ2v) is 4.21. The molecule has 0 unspecified atom stereocenters. The summed E-state index contributed by atoms with van der Waals surface area (Å²) in [6.07, 6.45) is 2.27. The molecule has 0 aromatic carbocycles. The van der Waals surface area contributed by atoms with Crippen LogP contribution >= 0.6 is 0 Å². The van der Waals surface area contributed by atoms with Gasteiger partial charge in [0.2, 0.25) is 5.56 Å². The van der Waals surface area contributed by atoms with Crippen LogP contribution in [0, 0.1) is 0 Å². The van der Waals surface area contributed by atoms with Gasteiger partial charge in [0.15, 0.2) is 0 Å². The molecule has 0 atom stereocenters. The summed E-state index contributed by atoms with van der Waals surface area (Å²) in [7, 11) is 1.53. The lowest BCUT2D eigenvalue weighted by molar-refractivity contribution is -0.140. The molecule has 1 fully saturated rings. The molecule has 1 aliphatic carbocycles. The van der Waals surface area contributed by atoms with Crippen molar-refractivity contribution in [2.75, 3.05) is 0 Å². The lowest BCUT2D eigenvalue weighted by Crippen LogP contribution is -2.43. The highest BCUT2D eigenvalue weighted by Crippen LogP contribution is 2.35. The molecule has 6 heteroatoms. The van der Waals surface area contributed by atoms with Crippen molar-refractivity contribution in [3.63, 3.8) is 0 Å². The molecule has 0 saturated heterocycles. The summed E-state index contributed by atoms with van der Waals surface area (Å²) < 4.78 is 1.27. The fraction of sp³-hybridized carbons (Fsp3) is 0.364. The number of nitrogens with one attached hydrogen (secondary N) is 1. The number of hydrogen-bond donors (Lipinski definition) is 2. The summed E-state index contributed by atoms with van der Waals surface area (Å²) in [5.41, 5.74) is -1.05. The smallest absolute Gasteiger partial charge is 0.329 e. The quantitative estimate of drug-likeness (QED) is 0.756. The van der Waals surface area contributed by atoms with Crippen LogP contribution in [0.5, 0.6) is 0 Å². The third kappa shape index (κ3) is 2.06. The minimum atomic E-state index is -1.11. The molecule has 0 aliphatic heterocycles. The highest BCUT2D eigenvalue weighted by atomic mass is 16.4. The van der Waals surface area contributed by atoms with Crippen LogP contribution in [0.1, 0.15) is 23.2 Å². The first-order valence-electron chi connectivity index (χ1n) is 5.17. The number of aliphatic carboxylic acids is 1. The van der Waals surface area contributed by atoms with E-state index in [1.54, 1.807) is 0 Å². The number of carboxylic acids is 1. The molecule has 1 heterocycles. The molecule has 0 spiro atoms. The number of pyridine rings is 1. The normalized spacial score (nSPS) is 16.3. The maximum absolute atomic E-state index is 11.8. The van der Waals surface area contributed by atoms with Gasteiger partial charge in [-0.25, -0.2) is 4.79 Å². The largest absolute Gasteiger partial charge is 0.480 e. The fourth-order valence-electron chi connectivity index (χ4n) is 1.54. The Morgan fingerprint density at radius 2 is 2.06 bits per heavy atom. The molecule has 1 amide bonds. The van der Waals surface area contributed by atoms with E-state index in [4.69, 9.17) is 5.11 Å². The SMILES string of the molecule is Cn1cc(C(=O)NC2(C(=O)O)CC2)ccc1=O. The van der Waals surface area contributed by atoms with Crippen LogP contribution in [-0.4, -0.2) is 27.1 Å². The average molecular weight is 236 g/mol. The maximum atomic E-state index is 11.8. The van der Waals surface area contributed by atoms with Gasteiger partial charge in [0.25, 0.3) is 5.91 Å². The first-order chi connectivity index (χ1) is 7.94. The Labute approximate surface area is 96.9 Å². The molecule has 0 radical (unpaired) electrons. The van der Waals surface area contributed by atoms with Crippen molar-refractivity contribution in [1.29, 1.82) is 0 Å². The molecule has 90 valence electrons. The van der Waals surface area contributed by atoms with Crippen LogP contribution in [-0.2, 0) is 11.8 Å². The molecular weight excluding hydrogens is 224 g/mol. The first kappa shape index (κ1) is 11.4. The Morgan fingerprint density at radius 3 is 2.53 bits per heavy atom. The van der Waals surface area contributed by atoms with Crippen LogP contribution in [0.3, 0.4) is 0 Å². The number of amides is 1. The van der Waals surface area contributed by atoms with Gasteiger partial charge in [-0.3, -0.25) is 9.59 Å². The van der Waals surface area contributed by atoms with Crippen LogP contribution in [0.4, 0.5) is 0 Å². The van der Waals surface area contributed by atoms with Crippen LogP contribution in [0.15, 0.2) is 23.1 Å². The number of nitrogens with zero attached hydrogens (tertiary/aromatic N) is 1. The minimum Gasteiger partial charge on any atom is -0.480 e. The Bertz CT molecular complexity index is 543. The molecular formula is C11H12N2O4. The first-order valence-corrected chi connectivity index (χ1v) is 5.17. The van der Waals surface area contributed by atoms with E-state index in [9.17, 15) is 14.4 Å². The van der Waals surface area contributed by atoms with Gasteiger partial charge in [-0.05, 0) is 18.9 Å². The zero-order valence-electron chi connectivity index (χ0n) is 9.27. The molecule has 1 aromatic rings. The fourth-order valence-corrected chi connectivity index (χ4v) is 1.54. The van der Waals surface area contributed by atoms with Crippen LogP contribution in [0.2, 0.25) is 0 Å². The predicted molar refractivity (Wildman–Crippen MR) is 58.8 cm³/mol. The molecule has 1 aromatic heterocycles. The molecule has 2 N–H and O–H groups in total. The third-order valence-electron chi connectivity index (χ3n) is 2.86. The number of aromatic nitrogens is 1. The molecule has 1 aliphatic rings. The molecule has 1 saturated carbocycles. The minimum absolute atomic E-state index is 0.221. The van der Waals surface area contributed by atoms with Crippen molar-refractivity contribution in [1.82, 2.24) is 9.88 Å². The second-order valence-electron chi connectivity index (χ2n) is 4.21. The highest BCUT2D eigenvalue weighted by Gasteiger charge is 2.51. The van der Waals surface area contributed by atoms with Gasteiger partial charge >= 0.3 is 5.97 Å². The Balaban J connectivity index is 2.18. The monoisotopic (exact) mass is 236 g/mol. The van der Waals surface area contributed by atoms with Crippen molar-refractivity contribution < 1.29 is 14.7 Å². The van der Waals surface area contributed by atoms with Gasteiger partial charge in [-0.15, -0.1) is 0 Å². The van der Waals surface area contributed by atoms with Crippen molar-refractivity contribution in [3.05, 3.63) is 34.2 Å². The molecule has 2 rings (SSSR count). The number of aryl methyl sites for hydroxylation is 1. The number of carboxylic acid groups (broad SMARTS) is 1. The van der Waals surface area contributed by atoms with E-state index in [0.717, 1.165) is 0 Å². The molecule has 17 heavy (non-hydrogen) atoms. The van der Waals surface area contributed by atoms with Gasteiger partial charge < -0.3 is 15.0 Å². The third-order valence-corrected chi connectivity index (χ3v) is 2.86. The standard InChI is InChI=1S/C11H12N2O4/c1-13-6-7(2-3-8(13)14)9(15)12-11(4-5-11)10(16)17/h2-3,6H,4-5H2,1H3,(H,12,15)(H,16,17). The summed E-state index contributed by atoms with van der Waals surface area (Å²) in [6.45, 7) is 0. The van der Waals surface area contributed by atoms with Crippen LogP contribution in [0.25, 0.3) is 0 Å². The molecule has 6 nitrogen and oxygen atoms in total. The topological polar surface area (TPSA) is 88.4 Å². The van der Waals surface area contributed by atoms with Gasteiger partial charge in [0.1, 0.15) is 5.54 Å². The van der Waals surface area contributed by atoms with Gasteiger partial charge in [-0.2, -0.15) is 0 Å². The zero-order chi connectivity index (χ0) is 12.6. The van der Waals surface area contributed by atoms with E-state index in [1.807, 2.05) is 0 Å². The van der Waals surface area contributed by atoms with Gasteiger partial charge in [0, 0.05) is 19.3 Å². The van der Waals surface area contributed by atoms with E-state index in [2.05, 4.69) is 5.32 Å². The number of hydrogen-bond acceptors (Lipinski definition) is 3. The van der Waals surface area contributed by atoms with Crippen LogP contribution < -0.4 is 10.9 Å². The maximum Gasteiger partial charge on any atom is 0.329 e. The summed E-state index contributed by atoms with van der Waals surface area (Å²) in [5.74, 6) is -1.49.